The molecule has 3 aromatic rings. The van der Waals surface area contributed by atoms with Crippen LogP contribution >= 0.6 is 11.3 Å². The van der Waals surface area contributed by atoms with Crippen LogP contribution in [0.2, 0.25) is 0 Å². The van der Waals surface area contributed by atoms with E-state index in [0.717, 1.165) is 36.1 Å². The van der Waals surface area contributed by atoms with E-state index in [4.69, 9.17) is 10.5 Å². The van der Waals surface area contributed by atoms with Crippen LogP contribution in [0.5, 0.6) is 11.5 Å². The Labute approximate surface area is 185 Å². The number of rotatable bonds is 4. The van der Waals surface area contributed by atoms with Crippen LogP contribution in [-0.2, 0) is 9.53 Å². The van der Waals surface area contributed by atoms with Gasteiger partial charge in [-0.25, -0.2) is 4.39 Å². The molecular weight excluding hydrogens is 417 g/mol. The number of pyridine rings is 1. The summed E-state index contributed by atoms with van der Waals surface area (Å²) in [6.45, 7) is 8.02. The molecular formula is C23H28FN3O3S. The lowest BCUT2D eigenvalue weighted by Gasteiger charge is -2.21. The zero-order chi connectivity index (χ0) is 22.4. The molecule has 166 valence electrons. The molecule has 1 fully saturated rings. The highest BCUT2D eigenvalue weighted by atomic mass is 32.1. The molecule has 1 aromatic carbocycles. The molecule has 2 aromatic heterocycles. The number of aromatic nitrogens is 1. The van der Waals surface area contributed by atoms with E-state index >= 15 is 0 Å². The average molecular weight is 446 g/mol. The zero-order valence-corrected chi connectivity index (χ0v) is 18.8. The number of nitrogens with two attached hydrogens (primary N) is 1. The quantitative estimate of drug-likeness (QED) is 0.422. The number of carbonyl (C=O) groups excluding carboxylic acids is 1. The predicted octanol–water partition coefficient (Wildman–Crippen LogP) is 5.23. The Kier molecular flexibility index (Phi) is 7.46. The molecule has 1 aliphatic heterocycles. The molecule has 0 aliphatic carbocycles. The summed E-state index contributed by atoms with van der Waals surface area (Å²) in [6.07, 6.45) is 3.97. The number of nitrogens with one attached hydrogen (secondary N) is 1. The van der Waals surface area contributed by atoms with Gasteiger partial charge in [0.15, 0.2) is 11.6 Å². The highest BCUT2D eigenvalue weighted by Crippen LogP contribution is 2.40. The Balaban J connectivity index is 0.000000339. The van der Waals surface area contributed by atoms with Crippen LogP contribution in [0, 0.1) is 5.82 Å². The highest BCUT2D eigenvalue weighted by molar-refractivity contribution is 7.19. The first kappa shape index (κ1) is 23.0. The third-order valence-corrected chi connectivity index (χ3v) is 6.02. The number of benzene rings is 1. The summed E-state index contributed by atoms with van der Waals surface area (Å²) in [6, 6.07) is 8.37. The van der Waals surface area contributed by atoms with Crippen LogP contribution in [0.3, 0.4) is 0 Å². The molecule has 1 saturated heterocycles. The van der Waals surface area contributed by atoms with Crippen molar-refractivity contribution in [3.63, 3.8) is 0 Å². The summed E-state index contributed by atoms with van der Waals surface area (Å²) in [7, 11) is 0. The molecule has 0 spiro atoms. The molecule has 3 N–H and O–H groups in total. The number of ether oxygens (including phenoxy) is 2. The molecule has 0 amide bonds. The number of nitrogen functional groups attached to an aromatic ring is 1. The van der Waals surface area contributed by atoms with E-state index < -0.39 is 5.82 Å². The molecule has 3 heterocycles. The van der Waals surface area contributed by atoms with Gasteiger partial charge in [0.2, 0.25) is 0 Å². The standard InChI is InChI=1S/C18H18FN3OS.C5H10O2/c19-13-9-12(20)1-2-15(13)23-16-5-8-22-14-10-17(24-18(14)16)11-3-6-21-7-4-11;1-5(2,3)7-4-6/h1-2,5,8-11,21H,3-4,6-7,20H2;4H,1-3H3. The molecule has 8 heteroatoms. The van der Waals surface area contributed by atoms with E-state index in [2.05, 4.69) is 21.1 Å². The van der Waals surface area contributed by atoms with Gasteiger partial charge in [-0.05, 0) is 70.8 Å². The molecule has 1 aliphatic rings. The minimum atomic E-state index is -0.463. The van der Waals surface area contributed by atoms with Crippen molar-refractivity contribution in [3.8, 4) is 11.5 Å². The van der Waals surface area contributed by atoms with Gasteiger partial charge in [-0.15, -0.1) is 11.3 Å². The fourth-order valence-corrected chi connectivity index (χ4v) is 4.42. The van der Waals surface area contributed by atoms with E-state index in [1.54, 1.807) is 35.7 Å². The van der Waals surface area contributed by atoms with Crippen molar-refractivity contribution in [3.05, 3.63) is 47.2 Å². The second kappa shape index (κ2) is 10.1. The van der Waals surface area contributed by atoms with Crippen LogP contribution < -0.4 is 15.8 Å². The second-order valence-corrected chi connectivity index (χ2v) is 9.40. The van der Waals surface area contributed by atoms with Crippen molar-refractivity contribution in [2.45, 2.75) is 45.1 Å². The van der Waals surface area contributed by atoms with E-state index in [1.165, 1.54) is 10.9 Å². The fourth-order valence-electron chi connectivity index (χ4n) is 3.18. The predicted molar refractivity (Wildman–Crippen MR) is 122 cm³/mol. The average Bonchev–Trinajstić information content (AvgIpc) is 3.16. The van der Waals surface area contributed by atoms with Crippen LogP contribution in [-0.4, -0.2) is 30.1 Å². The van der Waals surface area contributed by atoms with E-state index in [-0.39, 0.29) is 11.4 Å². The Morgan fingerprint density at radius 3 is 2.55 bits per heavy atom. The number of halogens is 1. The maximum atomic E-state index is 14.0. The van der Waals surface area contributed by atoms with Crippen molar-refractivity contribution in [1.29, 1.82) is 0 Å². The van der Waals surface area contributed by atoms with Crippen LogP contribution in [0.4, 0.5) is 10.1 Å². The van der Waals surface area contributed by atoms with Gasteiger partial charge >= 0.3 is 0 Å². The molecule has 31 heavy (non-hydrogen) atoms. The van der Waals surface area contributed by atoms with Crippen molar-refractivity contribution in [1.82, 2.24) is 10.3 Å². The van der Waals surface area contributed by atoms with Crippen molar-refractivity contribution >= 4 is 33.7 Å². The monoisotopic (exact) mass is 445 g/mol. The summed E-state index contributed by atoms with van der Waals surface area (Å²) < 4.78 is 25.3. The fraction of sp³-hybridized carbons (Fsp3) is 0.391. The first-order valence-corrected chi connectivity index (χ1v) is 11.0. The van der Waals surface area contributed by atoms with E-state index in [0.29, 0.717) is 23.8 Å². The summed E-state index contributed by atoms with van der Waals surface area (Å²) in [4.78, 5) is 15.4. The van der Waals surface area contributed by atoms with Gasteiger partial charge in [-0.1, -0.05) is 0 Å². The second-order valence-electron chi connectivity index (χ2n) is 8.31. The Bertz CT molecular complexity index is 1030. The number of anilines is 1. The minimum Gasteiger partial charge on any atom is -0.462 e. The van der Waals surface area contributed by atoms with Gasteiger partial charge in [-0.3, -0.25) is 9.78 Å². The molecule has 6 nitrogen and oxygen atoms in total. The van der Waals surface area contributed by atoms with E-state index in [9.17, 15) is 9.18 Å². The number of nitrogens with zero attached hydrogens (tertiary/aromatic N) is 1. The first-order valence-electron chi connectivity index (χ1n) is 10.2. The SMILES string of the molecule is CC(C)(C)OC=O.Nc1ccc(Oc2ccnc3cc(C4CCNCC4)sc23)c(F)c1. The van der Waals surface area contributed by atoms with Gasteiger partial charge in [0.1, 0.15) is 11.4 Å². The topological polar surface area (TPSA) is 86.5 Å². The molecule has 0 unspecified atom stereocenters. The summed E-state index contributed by atoms with van der Waals surface area (Å²) >= 11 is 1.70. The van der Waals surface area contributed by atoms with Gasteiger partial charge in [0.25, 0.3) is 6.47 Å². The number of hydrogen-bond acceptors (Lipinski definition) is 7. The molecule has 0 atom stereocenters. The minimum absolute atomic E-state index is 0.175. The lowest BCUT2D eigenvalue weighted by Crippen LogP contribution is -2.26. The van der Waals surface area contributed by atoms with Crippen LogP contribution in [0.15, 0.2) is 36.5 Å². The third kappa shape index (κ3) is 6.38. The van der Waals surface area contributed by atoms with E-state index in [1.807, 2.05) is 20.8 Å². The van der Waals surface area contributed by atoms with Gasteiger partial charge < -0.3 is 20.5 Å². The number of piperidine rings is 1. The number of fused-ring (bicyclic) bond motifs is 1. The smallest absolute Gasteiger partial charge is 0.293 e. The van der Waals surface area contributed by atoms with Gasteiger partial charge in [0.05, 0.1) is 10.2 Å². The maximum Gasteiger partial charge on any atom is 0.293 e. The maximum absolute atomic E-state index is 14.0. The van der Waals surface area contributed by atoms with Crippen molar-refractivity contribution in [2.75, 3.05) is 18.8 Å². The Morgan fingerprint density at radius 1 is 1.19 bits per heavy atom. The van der Waals surface area contributed by atoms with Crippen LogP contribution in [0.1, 0.15) is 44.4 Å². The normalized spacial score (nSPS) is 14.6. The third-order valence-electron chi connectivity index (χ3n) is 4.71. The lowest BCUT2D eigenvalue weighted by atomic mass is 9.96. The molecule has 0 radical (unpaired) electrons. The number of thiophene rings is 1. The number of carbonyl (C=O) groups is 1. The number of hydrogen-bond donors (Lipinski definition) is 2. The molecule has 0 bridgehead atoms. The highest BCUT2D eigenvalue weighted by Gasteiger charge is 2.19. The summed E-state index contributed by atoms with van der Waals surface area (Å²) in [5, 5.41) is 3.39. The van der Waals surface area contributed by atoms with Gasteiger partial charge in [-0.2, -0.15) is 0 Å². The lowest BCUT2D eigenvalue weighted by molar-refractivity contribution is -0.138. The summed E-state index contributed by atoms with van der Waals surface area (Å²) in [5.74, 6) is 0.907. The van der Waals surface area contributed by atoms with Gasteiger partial charge in [0, 0.05) is 28.9 Å². The van der Waals surface area contributed by atoms with Crippen molar-refractivity contribution in [2.24, 2.45) is 0 Å². The molecule has 4 rings (SSSR count). The van der Waals surface area contributed by atoms with Crippen LogP contribution in [0.25, 0.3) is 10.2 Å². The largest absolute Gasteiger partial charge is 0.462 e. The molecule has 0 saturated carbocycles. The Hall–Kier alpha value is -2.71. The van der Waals surface area contributed by atoms with Crippen molar-refractivity contribution < 1.29 is 18.7 Å². The zero-order valence-electron chi connectivity index (χ0n) is 18.0. The summed E-state index contributed by atoms with van der Waals surface area (Å²) in [5.41, 5.74) is 6.55. The first-order chi connectivity index (χ1) is 14.8. The Morgan fingerprint density at radius 2 is 1.94 bits per heavy atom.